The van der Waals surface area contributed by atoms with E-state index in [1.54, 1.807) is 11.1 Å². The monoisotopic (exact) mass is 447 g/mol. The Morgan fingerprint density at radius 2 is 1.91 bits per heavy atom. The lowest BCUT2D eigenvalue weighted by Gasteiger charge is -2.30. The van der Waals surface area contributed by atoms with Crippen LogP contribution in [0, 0.1) is 11.6 Å². The number of anilines is 2. The maximum atomic E-state index is 14.7. The Balaban J connectivity index is 1.58. The average Bonchev–Trinajstić information content (AvgIpc) is 3.21. The van der Waals surface area contributed by atoms with Gasteiger partial charge in [-0.25, -0.2) is 17.6 Å². The lowest BCUT2D eigenvalue weighted by atomic mass is 10.0. The molecule has 1 aliphatic heterocycles. The second-order valence-corrected chi connectivity index (χ2v) is 7.60. The molecule has 0 spiro atoms. The molecule has 1 amide bonds. The predicted octanol–water partition coefficient (Wildman–Crippen LogP) is 4.19. The first kappa shape index (κ1) is 21.7. The number of halogens is 4. The lowest BCUT2D eigenvalue weighted by Crippen LogP contribution is -2.35. The number of rotatable bonds is 5. The molecule has 0 radical (unpaired) electrons. The molecule has 1 aliphatic rings. The molecule has 32 heavy (non-hydrogen) atoms. The van der Waals surface area contributed by atoms with Gasteiger partial charge in [0.25, 0.3) is 12.3 Å². The predicted molar refractivity (Wildman–Crippen MR) is 111 cm³/mol. The van der Waals surface area contributed by atoms with Crippen LogP contribution in [0.2, 0.25) is 0 Å². The van der Waals surface area contributed by atoms with Gasteiger partial charge in [-0.3, -0.25) is 9.48 Å². The number of hydrogen-bond donors (Lipinski definition) is 2. The molecule has 2 aromatic carbocycles. The van der Waals surface area contributed by atoms with Crippen LogP contribution in [0.5, 0.6) is 0 Å². The van der Waals surface area contributed by atoms with E-state index >= 15 is 0 Å². The standard InChI is InChI=1S/C22H21F4N5O/c1-12(14-3-2-4-15(20(14)24)21(25)26)29-22(32)16-9-19(17(23)10-18(16)27)30-7-8-31-13(11-30)5-6-28-31/h2-6,9-10,12,21H,7-8,11,27H2,1H3,(H,29,32)/t12-/m1/s1. The fourth-order valence-corrected chi connectivity index (χ4v) is 3.83. The van der Waals surface area contributed by atoms with E-state index < -0.39 is 35.6 Å². The van der Waals surface area contributed by atoms with Crippen LogP contribution in [0.25, 0.3) is 0 Å². The zero-order chi connectivity index (χ0) is 23.0. The highest BCUT2D eigenvalue weighted by atomic mass is 19.3. The fraction of sp³-hybridized carbons (Fsp3) is 0.273. The van der Waals surface area contributed by atoms with Crippen molar-refractivity contribution in [3.8, 4) is 0 Å². The highest BCUT2D eigenvalue weighted by Gasteiger charge is 2.24. The SMILES string of the molecule is C[C@@H](NC(=O)c1cc(N2CCn3nccc3C2)c(F)cc1N)c1cccc(C(F)F)c1F. The van der Waals surface area contributed by atoms with Crippen LogP contribution < -0.4 is 16.0 Å². The van der Waals surface area contributed by atoms with Crippen LogP contribution in [-0.4, -0.2) is 22.2 Å². The Morgan fingerprint density at radius 1 is 1.16 bits per heavy atom. The quantitative estimate of drug-likeness (QED) is 0.454. The zero-order valence-corrected chi connectivity index (χ0v) is 17.2. The molecule has 0 bridgehead atoms. The summed E-state index contributed by atoms with van der Waals surface area (Å²) in [5, 5.41) is 6.75. The Kier molecular flexibility index (Phi) is 5.77. The number of nitrogens with one attached hydrogen (secondary N) is 1. The maximum Gasteiger partial charge on any atom is 0.266 e. The number of nitrogens with zero attached hydrogens (tertiary/aromatic N) is 3. The summed E-state index contributed by atoms with van der Waals surface area (Å²) in [5.41, 5.74) is 6.10. The molecule has 1 atom stereocenters. The van der Waals surface area contributed by atoms with Gasteiger partial charge < -0.3 is 16.0 Å². The molecule has 6 nitrogen and oxygen atoms in total. The van der Waals surface area contributed by atoms with Crippen molar-refractivity contribution < 1.29 is 22.4 Å². The first-order chi connectivity index (χ1) is 15.3. The number of nitrogens with two attached hydrogens (primary N) is 1. The van der Waals surface area contributed by atoms with Crippen LogP contribution in [-0.2, 0) is 13.1 Å². The highest BCUT2D eigenvalue weighted by Crippen LogP contribution is 2.30. The van der Waals surface area contributed by atoms with Gasteiger partial charge in [0.15, 0.2) is 0 Å². The summed E-state index contributed by atoms with van der Waals surface area (Å²) in [4.78, 5) is 14.6. The molecule has 2 heterocycles. The molecular formula is C22H21F4N5O. The Bertz CT molecular complexity index is 1160. The van der Waals surface area contributed by atoms with Crippen molar-refractivity contribution in [3.05, 3.63) is 76.6 Å². The van der Waals surface area contributed by atoms with Crippen molar-refractivity contribution in [2.45, 2.75) is 32.5 Å². The molecular weight excluding hydrogens is 426 g/mol. The van der Waals surface area contributed by atoms with Gasteiger partial charge in [0.2, 0.25) is 0 Å². The molecule has 10 heteroatoms. The van der Waals surface area contributed by atoms with Gasteiger partial charge in [-0.15, -0.1) is 0 Å². The topological polar surface area (TPSA) is 76.2 Å². The summed E-state index contributed by atoms with van der Waals surface area (Å²) in [6, 6.07) is 6.95. The molecule has 0 fully saturated rings. The summed E-state index contributed by atoms with van der Waals surface area (Å²) >= 11 is 0. The van der Waals surface area contributed by atoms with Crippen LogP contribution in [0.1, 0.15) is 46.6 Å². The number of carbonyl (C=O) groups is 1. The average molecular weight is 447 g/mol. The van der Waals surface area contributed by atoms with E-state index in [4.69, 9.17) is 5.73 Å². The molecule has 0 saturated carbocycles. The molecule has 1 aromatic heterocycles. The van der Waals surface area contributed by atoms with Gasteiger partial charge in [-0.2, -0.15) is 5.10 Å². The minimum absolute atomic E-state index is 0.0118. The van der Waals surface area contributed by atoms with Gasteiger partial charge in [0.1, 0.15) is 11.6 Å². The number of hydrogen-bond acceptors (Lipinski definition) is 4. The van der Waals surface area contributed by atoms with Gasteiger partial charge in [0, 0.05) is 24.0 Å². The van der Waals surface area contributed by atoms with Gasteiger partial charge >= 0.3 is 0 Å². The molecule has 0 aliphatic carbocycles. The second-order valence-electron chi connectivity index (χ2n) is 7.60. The smallest absolute Gasteiger partial charge is 0.266 e. The molecule has 168 valence electrons. The largest absolute Gasteiger partial charge is 0.398 e. The number of fused-ring (bicyclic) bond motifs is 1. The number of carbonyl (C=O) groups excluding carboxylic acids is 1. The van der Waals surface area contributed by atoms with Crippen LogP contribution in [0.3, 0.4) is 0 Å². The van der Waals surface area contributed by atoms with E-state index in [9.17, 15) is 22.4 Å². The Morgan fingerprint density at radius 3 is 2.66 bits per heavy atom. The first-order valence-electron chi connectivity index (χ1n) is 9.98. The van der Waals surface area contributed by atoms with Crippen LogP contribution in [0.15, 0.2) is 42.6 Å². The van der Waals surface area contributed by atoms with Gasteiger partial charge in [-0.05, 0) is 25.1 Å². The van der Waals surface area contributed by atoms with Gasteiger partial charge in [0.05, 0.1) is 41.6 Å². The van der Waals surface area contributed by atoms with Crippen molar-refractivity contribution in [2.24, 2.45) is 0 Å². The van der Waals surface area contributed by atoms with E-state index in [1.165, 1.54) is 25.1 Å². The highest BCUT2D eigenvalue weighted by molar-refractivity contribution is 6.00. The summed E-state index contributed by atoms with van der Waals surface area (Å²) in [6.45, 7) is 2.92. The van der Waals surface area contributed by atoms with Crippen LogP contribution >= 0.6 is 0 Å². The minimum atomic E-state index is -2.98. The third-order valence-corrected chi connectivity index (χ3v) is 5.55. The molecule has 0 saturated heterocycles. The lowest BCUT2D eigenvalue weighted by molar-refractivity contribution is 0.0940. The third-order valence-electron chi connectivity index (χ3n) is 5.55. The zero-order valence-electron chi connectivity index (χ0n) is 17.2. The number of amides is 1. The van der Waals surface area contributed by atoms with E-state index in [-0.39, 0.29) is 22.5 Å². The summed E-state index contributed by atoms with van der Waals surface area (Å²) in [5.74, 6) is -2.32. The summed E-state index contributed by atoms with van der Waals surface area (Å²) in [6.07, 6.45) is -1.31. The van der Waals surface area contributed by atoms with Gasteiger partial charge in [-0.1, -0.05) is 18.2 Å². The van der Waals surface area contributed by atoms with Crippen molar-refractivity contribution in [2.75, 3.05) is 17.2 Å². The van der Waals surface area contributed by atoms with E-state index in [1.807, 2.05) is 10.7 Å². The first-order valence-corrected chi connectivity index (χ1v) is 9.98. The van der Waals surface area contributed by atoms with Crippen molar-refractivity contribution in [1.82, 2.24) is 15.1 Å². The number of aromatic nitrogens is 2. The number of alkyl halides is 2. The molecule has 0 unspecified atom stereocenters. The number of nitrogen functional groups attached to an aromatic ring is 1. The fourth-order valence-electron chi connectivity index (χ4n) is 3.83. The normalized spacial score (nSPS) is 14.4. The van der Waals surface area contributed by atoms with E-state index in [0.29, 0.717) is 19.6 Å². The third kappa shape index (κ3) is 4.00. The van der Waals surface area contributed by atoms with E-state index in [2.05, 4.69) is 10.4 Å². The second kappa shape index (κ2) is 8.52. The van der Waals surface area contributed by atoms with Crippen molar-refractivity contribution in [3.63, 3.8) is 0 Å². The molecule has 3 N–H and O–H groups in total. The molecule has 3 aromatic rings. The van der Waals surface area contributed by atoms with Crippen molar-refractivity contribution >= 4 is 17.3 Å². The van der Waals surface area contributed by atoms with Crippen molar-refractivity contribution in [1.29, 1.82) is 0 Å². The maximum absolute atomic E-state index is 14.7. The minimum Gasteiger partial charge on any atom is -0.398 e. The summed E-state index contributed by atoms with van der Waals surface area (Å²) < 4.78 is 56.9. The Labute approximate surface area is 181 Å². The Hall–Kier alpha value is -3.56. The van der Waals surface area contributed by atoms with Crippen LogP contribution in [0.4, 0.5) is 28.9 Å². The van der Waals surface area contributed by atoms with E-state index in [0.717, 1.165) is 17.8 Å². The summed E-state index contributed by atoms with van der Waals surface area (Å²) in [7, 11) is 0. The molecule has 4 rings (SSSR count). The number of benzene rings is 2.